The lowest BCUT2D eigenvalue weighted by Gasteiger charge is -2.32. The lowest BCUT2D eigenvalue weighted by molar-refractivity contribution is -0.140. The number of hydrogen-bond acceptors (Lipinski definition) is 8. The van der Waals surface area contributed by atoms with E-state index in [1.165, 1.54) is 0 Å². The van der Waals surface area contributed by atoms with E-state index in [9.17, 15) is 13.2 Å². The van der Waals surface area contributed by atoms with Gasteiger partial charge in [-0.3, -0.25) is 9.58 Å². The molecule has 1 N–H and O–H groups in total. The van der Waals surface area contributed by atoms with E-state index in [1.807, 2.05) is 24.7 Å². The highest BCUT2D eigenvalue weighted by Gasteiger charge is 2.31. The molecule has 1 aliphatic heterocycles. The van der Waals surface area contributed by atoms with Gasteiger partial charge < -0.3 is 19.4 Å². The third kappa shape index (κ3) is 5.65. The minimum Gasteiger partial charge on any atom is -0.383 e. The Kier molecular flexibility index (Phi) is 7.33. The molecular formula is C21H29F3N8O2. The van der Waals surface area contributed by atoms with E-state index < -0.39 is 18.8 Å². The first-order valence-electron chi connectivity index (χ1n) is 11.2. The summed E-state index contributed by atoms with van der Waals surface area (Å²) in [5.74, 6) is 0.681. The number of hydrogen-bond donors (Lipinski definition) is 1. The number of nitrogens with one attached hydrogen (secondary N) is 1. The van der Waals surface area contributed by atoms with Gasteiger partial charge in [0.25, 0.3) is 0 Å². The molecule has 0 bridgehead atoms. The quantitative estimate of drug-likeness (QED) is 0.465. The molecule has 0 spiro atoms. The topological polar surface area (TPSA) is 95.2 Å². The van der Waals surface area contributed by atoms with Crippen LogP contribution >= 0.6 is 0 Å². The number of halogens is 3. The first-order valence-corrected chi connectivity index (χ1v) is 11.2. The maximum Gasteiger partial charge on any atom is 0.406 e. The van der Waals surface area contributed by atoms with Crippen LogP contribution in [0.1, 0.15) is 30.1 Å². The molecule has 1 fully saturated rings. The molecule has 0 radical (unpaired) electrons. The highest BCUT2D eigenvalue weighted by Crippen LogP contribution is 2.28. The van der Waals surface area contributed by atoms with Crippen LogP contribution in [-0.4, -0.2) is 80.3 Å². The third-order valence-electron chi connectivity index (χ3n) is 5.63. The molecule has 0 aliphatic carbocycles. The number of nitrogens with zero attached hydrogens (tertiary/aromatic N) is 7. The fraction of sp³-hybridized carbons (Fsp3) is 0.619. The van der Waals surface area contributed by atoms with Gasteiger partial charge in [-0.15, -0.1) is 0 Å². The summed E-state index contributed by atoms with van der Waals surface area (Å²) in [7, 11) is 1.57. The maximum absolute atomic E-state index is 13.1. The molecule has 1 atom stereocenters. The van der Waals surface area contributed by atoms with Crippen LogP contribution in [0.2, 0.25) is 0 Å². The van der Waals surface area contributed by atoms with Gasteiger partial charge >= 0.3 is 6.18 Å². The predicted octanol–water partition coefficient (Wildman–Crippen LogP) is 2.55. The summed E-state index contributed by atoms with van der Waals surface area (Å²) in [4.78, 5) is 15.4. The van der Waals surface area contributed by atoms with Crippen molar-refractivity contribution in [1.82, 2.24) is 34.2 Å². The van der Waals surface area contributed by atoms with Crippen LogP contribution < -0.4 is 5.32 Å². The Morgan fingerprint density at radius 3 is 2.82 bits per heavy atom. The zero-order valence-corrected chi connectivity index (χ0v) is 19.5. The van der Waals surface area contributed by atoms with Crippen molar-refractivity contribution in [1.29, 1.82) is 0 Å². The van der Waals surface area contributed by atoms with E-state index in [0.717, 1.165) is 35.2 Å². The molecular weight excluding hydrogens is 453 g/mol. The molecule has 0 aromatic carbocycles. The van der Waals surface area contributed by atoms with E-state index in [0.29, 0.717) is 44.5 Å². The summed E-state index contributed by atoms with van der Waals surface area (Å²) in [5.41, 5.74) is 2.50. The predicted molar refractivity (Wildman–Crippen MR) is 118 cm³/mol. The van der Waals surface area contributed by atoms with Gasteiger partial charge in [-0.25, -0.2) is 15.0 Å². The minimum absolute atomic E-state index is 0.114. The van der Waals surface area contributed by atoms with Crippen LogP contribution in [0.5, 0.6) is 0 Å². The summed E-state index contributed by atoms with van der Waals surface area (Å²) in [6.45, 7) is 6.84. The number of rotatable bonds is 9. The van der Waals surface area contributed by atoms with E-state index in [2.05, 4.69) is 30.3 Å². The Hall–Kier alpha value is -2.77. The van der Waals surface area contributed by atoms with E-state index in [-0.39, 0.29) is 11.2 Å². The van der Waals surface area contributed by atoms with Crippen molar-refractivity contribution < 1.29 is 22.6 Å². The number of alkyl halides is 3. The third-order valence-corrected chi connectivity index (χ3v) is 5.63. The van der Waals surface area contributed by atoms with Crippen LogP contribution in [0, 0.1) is 6.92 Å². The molecule has 4 heterocycles. The van der Waals surface area contributed by atoms with E-state index in [4.69, 9.17) is 9.47 Å². The van der Waals surface area contributed by atoms with Gasteiger partial charge in [0.15, 0.2) is 17.3 Å². The van der Waals surface area contributed by atoms with Gasteiger partial charge in [-0.2, -0.15) is 18.3 Å². The fourth-order valence-corrected chi connectivity index (χ4v) is 3.93. The standard InChI is InChI=1S/C21H29F3N8O2/c1-4-32-10-15(14(2)29-32)9-30-6-8-34-16(11-30)18-27-19(25-5-7-33-3)17-20(28-18)31(13-26-17)12-21(22,23)24/h10,13,16H,4-9,11-12H2,1-3H3,(H,25,27,28). The number of ether oxygens (including phenoxy) is 2. The zero-order valence-electron chi connectivity index (χ0n) is 19.5. The zero-order chi connectivity index (χ0) is 24.3. The first-order chi connectivity index (χ1) is 16.3. The number of aryl methyl sites for hydroxylation is 2. The van der Waals surface area contributed by atoms with Crippen LogP contribution in [0.25, 0.3) is 11.2 Å². The molecule has 1 unspecified atom stereocenters. The van der Waals surface area contributed by atoms with Gasteiger partial charge in [-0.05, 0) is 13.8 Å². The van der Waals surface area contributed by atoms with Crippen molar-refractivity contribution >= 4 is 17.0 Å². The van der Waals surface area contributed by atoms with Gasteiger partial charge in [0, 0.05) is 51.6 Å². The molecule has 34 heavy (non-hydrogen) atoms. The van der Waals surface area contributed by atoms with Crippen molar-refractivity contribution in [2.24, 2.45) is 0 Å². The first kappa shape index (κ1) is 24.4. The molecule has 3 aromatic rings. The van der Waals surface area contributed by atoms with Gasteiger partial charge in [-0.1, -0.05) is 0 Å². The molecule has 10 nitrogen and oxygen atoms in total. The van der Waals surface area contributed by atoms with Crippen LogP contribution in [0.4, 0.5) is 19.0 Å². The Morgan fingerprint density at radius 2 is 2.12 bits per heavy atom. The summed E-state index contributed by atoms with van der Waals surface area (Å²) < 4.78 is 53.2. The summed E-state index contributed by atoms with van der Waals surface area (Å²) in [5, 5.41) is 7.60. The molecule has 1 aliphatic rings. The second kappa shape index (κ2) is 10.2. The number of methoxy groups -OCH3 is 1. The average Bonchev–Trinajstić information content (AvgIpc) is 3.36. The molecule has 186 valence electrons. The van der Waals surface area contributed by atoms with Crippen molar-refractivity contribution in [3.63, 3.8) is 0 Å². The second-order valence-electron chi connectivity index (χ2n) is 8.20. The maximum atomic E-state index is 13.1. The number of anilines is 1. The highest BCUT2D eigenvalue weighted by molar-refractivity contribution is 5.83. The van der Waals surface area contributed by atoms with Crippen molar-refractivity contribution in [3.05, 3.63) is 29.6 Å². The van der Waals surface area contributed by atoms with Crippen molar-refractivity contribution in [2.45, 2.75) is 45.8 Å². The monoisotopic (exact) mass is 482 g/mol. The minimum atomic E-state index is -4.40. The normalized spacial score (nSPS) is 17.5. The molecule has 1 saturated heterocycles. The van der Waals surface area contributed by atoms with Gasteiger partial charge in [0.05, 0.1) is 25.2 Å². The number of morpholine rings is 1. The number of aromatic nitrogens is 6. The summed E-state index contributed by atoms with van der Waals surface area (Å²) in [6.07, 6.45) is -1.71. The smallest absolute Gasteiger partial charge is 0.383 e. The Labute approximate surface area is 195 Å². The molecule has 0 amide bonds. The molecule has 13 heteroatoms. The summed E-state index contributed by atoms with van der Waals surface area (Å²) >= 11 is 0. The molecule has 3 aromatic heterocycles. The van der Waals surface area contributed by atoms with Gasteiger partial charge in [0.1, 0.15) is 18.2 Å². The lowest BCUT2D eigenvalue weighted by atomic mass is 10.2. The van der Waals surface area contributed by atoms with Crippen LogP contribution in [-0.2, 0) is 29.1 Å². The highest BCUT2D eigenvalue weighted by atomic mass is 19.4. The summed E-state index contributed by atoms with van der Waals surface area (Å²) in [6, 6.07) is 0. The van der Waals surface area contributed by atoms with E-state index >= 15 is 0 Å². The van der Waals surface area contributed by atoms with E-state index in [1.54, 1.807) is 7.11 Å². The number of fused-ring (bicyclic) bond motifs is 1. The molecule has 4 rings (SSSR count). The largest absolute Gasteiger partial charge is 0.406 e. The van der Waals surface area contributed by atoms with Gasteiger partial charge in [0.2, 0.25) is 0 Å². The fourth-order valence-electron chi connectivity index (χ4n) is 3.93. The second-order valence-corrected chi connectivity index (χ2v) is 8.20. The lowest BCUT2D eigenvalue weighted by Crippen LogP contribution is -2.38. The Bertz CT molecular complexity index is 1110. The molecule has 0 saturated carbocycles. The Morgan fingerprint density at radius 1 is 1.29 bits per heavy atom. The number of imidazole rings is 1. The SMILES string of the molecule is CCn1cc(CN2CCOC(c3nc(NCCOC)c4ncn(CC(F)(F)F)c4n3)C2)c(C)n1. The van der Waals surface area contributed by atoms with Crippen LogP contribution in [0.3, 0.4) is 0 Å². The average molecular weight is 483 g/mol. The van der Waals surface area contributed by atoms with Crippen molar-refractivity contribution in [2.75, 3.05) is 45.3 Å². The Balaban J connectivity index is 1.60. The van der Waals surface area contributed by atoms with Crippen LogP contribution in [0.15, 0.2) is 12.5 Å². The van der Waals surface area contributed by atoms with Crippen molar-refractivity contribution in [3.8, 4) is 0 Å².